The number of benzene rings is 1. The summed E-state index contributed by atoms with van der Waals surface area (Å²) in [5, 5.41) is 0. The maximum absolute atomic E-state index is 14.5. The molecule has 0 heterocycles. The quantitative estimate of drug-likeness (QED) is 0.643. The van der Waals surface area contributed by atoms with E-state index in [2.05, 4.69) is 20.7 Å². The number of carbonyl (C=O) groups is 1. The highest BCUT2D eigenvalue weighted by atomic mass is 79.9. The second-order valence-electron chi connectivity index (χ2n) is 8.09. The summed E-state index contributed by atoms with van der Waals surface area (Å²) in [5.74, 6) is -1.42. The number of halogens is 3. The van der Waals surface area contributed by atoms with Crippen LogP contribution in [0.3, 0.4) is 0 Å². The van der Waals surface area contributed by atoms with E-state index < -0.39 is 51.8 Å². The van der Waals surface area contributed by atoms with Crippen molar-refractivity contribution in [3.05, 3.63) is 34.1 Å². The Labute approximate surface area is 164 Å². The van der Waals surface area contributed by atoms with Gasteiger partial charge < -0.3 is 4.74 Å². The summed E-state index contributed by atoms with van der Waals surface area (Å²) in [5.41, 5.74) is -2.68. The lowest BCUT2D eigenvalue weighted by Crippen LogP contribution is -2.51. The van der Waals surface area contributed by atoms with E-state index in [1.165, 1.54) is 18.2 Å². The van der Waals surface area contributed by atoms with Gasteiger partial charge >= 0.3 is 5.97 Å². The smallest absolute Gasteiger partial charge is 0.308 e. The van der Waals surface area contributed by atoms with Crippen LogP contribution in [0.4, 0.5) is 8.78 Å². The molecule has 0 aliphatic rings. The molecule has 1 rings (SSSR count). The van der Waals surface area contributed by atoms with Gasteiger partial charge in [-0.3, -0.25) is 4.79 Å². The molecule has 0 unspecified atom stereocenters. The van der Waals surface area contributed by atoms with Crippen LogP contribution in [-0.4, -0.2) is 27.2 Å². The topological polar surface area (TPSA) is 55.4 Å². The molecule has 0 aliphatic heterocycles. The van der Waals surface area contributed by atoms with Crippen LogP contribution in [0.5, 0.6) is 0 Å². The summed E-state index contributed by atoms with van der Waals surface area (Å²) < 4.78 is 49.1. The molecule has 2 atom stereocenters. The zero-order chi connectivity index (χ0) is 20.3. The molecule has 8 heteroatoms. The van der Waals surface area contributed by atoms with E-state index in [4.69, 9.17) is 4.74 Å². The summed E-state index contributed by atoms with van der Waals surface area (Å²) in [6.45, 7) is 9.01. The summed E-state index contributed by atoms with van der Waals surface area (Å²) in [7, 11) is -1.74. The molecule has 0 radical (unpaired) electrons. The molecular weight excluding hydrogens is 428 g/mol. The fourth-order valence-electron chi connectivity index (χ4n) is 2.15. The lowest BCUT2D eigenvalue weighted by atomic mass is 9.88. The van der Waals surface area contributed by atoms with Crippen molar-refractivity contribution in [2.24, 2.45) is 0 Å². The Morgan fingerprint density at radius 3 is 2.27 bits per heavy atom. The molecule has 0 aromatic heterocycles. The minimum absolute atomic E-state index is 0.0853. The standard InChI is InChI=1S/C18H26BrF2NO3S/c1-16(2,3)25-15(23)10-18(11-20,22-26(24)17(4,5)6)13-9-12(19)7-8-14(13)21/h7-9,22H,10-11H2,1-6H3/t18-,26-/m1/s1. The van der Waals surface area contributed by atoms with Crippen LogP contribution in [0.2, 0.25) is 0 Å². The Bertz CT molecular complexity index is 686. The predicted molar refractivity (Wildman–Crippen MR) is 103 cm³/mol. The van der Waals surface area contributed by atoms with Gasteiger partial charge in [-0.15, -0.1) is 0 Å². The van der Waals surface area contributed by atoms with Gasteiger partial charge in [0.2, 0.25) is 0 Å². The van der Waals surface area contributed by atoms with Crippen molar-refractivity contribution in [3.63, 3.8) is 0 Å². The van der Waals surface area contributed by atoms with E-state index in [1.807, 2.05) is 0 Å². The number of hydrogen-bond donors (Lipinski definition) is 1. The Balaban J connectivity index is 3.41. The van der Waals surface area contributed by atoms with E-state index in [0.29, 0.717) is 4.47 Å². The van der Waals surface area contributed by atoms with Crippen molar-refractivity contribution in [1.82, 2.24) is 4.72 Å². The van der Waals surface area contributed by atoms with E-state index in [-0.39, 0.29) is 5.56 Å². The molecule has 4 nitrogen and oxygen atoms in total. The molecule has 0 saturated carbocycles. The zero-order valence-electron chi connectivity index (χ0n) is 15.9. The van der Waals surface area contributed by atoms with Gasteiger partial charge in [-0.2, -0.15) is 0 Å². The zero-order valence-corrected chi connectivity index (χ0v) is 18.3. The van der Waals surface area contributed by atoms with E-state index in [0.717, 1.165) is 0 Å². The van der Waals surface area contributed by atoms with Crippen molar-refractivity contribution >= 4 is 32.9 Å². The number of esters is 1. The van der Waals surface area contributed by atoms with Crippen LogP contribution in [0.25, 0.3) is 0 Å². The SMILES string of the molecule is CC(C)(C)OC(=O)C[C@](CF)(N[S@](=O)C(C)(C)C)c1cc(Br)ccc1F. The highest BCUT2D eigenvalue weighted by Gasteiger charge is 2.42. The second kappa shape index (κ2) is 8.44. The molecule has 0 aliphatic carbocycles. The molecule has 1 aromatic carbocycles. The van der Waals surface area contributed by atoms with Gasteiger partial charge in [-0.1, -0.05) is 15.9 Å². The van der Waals surface area contributed by atoms with Gasteiger partial charge in [0, 0.05) is 10.0 Å². The van der Waals surface area contributed by atoms with Crippen molar-refractivity contribution < 1.29 is 22.5 Å². The predicted octanol–water partition coefficient (Wildman–Crippen LogP) is 4.54. The third-order valence-corrected chi connectivity index (χ3v) is 5.56. The molecule has 148 valence electrons. The average molecular weight is 454 g/mol. The molecule has 0 bridgehead atoms. The van der Waals surface area contributed by atoms with Crippen molar-refractivity contribution in [2.45, 2.75) is 63.9 Å². The van der Waals surface area contributed by atoms with Crippen LogP contribution in [0.15, 0.2) is 22.7 Å². The van der Waals surface area contributed by atoms with Gasteiger partial charge in [0.1, 0.15) is 18.1 Å². The summed E-state index contributed by atoms with van der Waals surface area (Å²) >= 11 is 3.23. The van der Waals surface area contributed by atoms with Gasteiger partial charge in [0.15, 0.2) is 0 Å². The highest BCUT2D eigenvalue weighted by molar-refractivity contribution is 9.10. The fraction of sp³-hybridized carbons (Fsp3) is 0.611. The molecule has 1 aromatic rings. The van der Waals surface area contributed by atoms with Gasteiger partial charge in [-0.25, -0.2) is 17.7 Å². The van der Waals surface area contributed by atoms with Crippen molar-refractivity contribution in [2.75, 3.05) is 6.67 Å². The lowest BCUT2D eigenvalue weighted by molar-refractivity contribution is -0.156. The number of hydrogen-bond acceptors (Lipinski definition) is 3. The minimum Gasteiger partial charge on any atom is -0.460 e. The van der Waals surface area contributed by atoms with Crippen molar-refractivity contribution in [3.8, 4) is 0 Å². The van der Waals surface area contributed by atoms with Gasteiger partial charge in [-0.05, 0) is 59.7 Å². The summed E-state index contributed by atoms with van der Waals surface area (Å²) in [6.07, 6.45) is -0.504. The van der Waals surface area contributed by atoms with Gasteiger partial charge in [0.25, 0.3) is 0 Å². The first-order valence-electron chi connectivity index (χ1n) is 8.13. The first-order chi connectivity index (χ1) is 11.7. The average Bonchev–Trinajstić information content (AvgIpc) is 2.46. The first kappa shape index (κ1) is 23.2. The van der Waals surface area contributed by atoms with Crippen LogP contribution >= 0.6 is 15.9 Å². The largest absolute Gasteiger partial charge is 0.460 e. The number of nitrogens with one attached hydrogen (secondary N) is 1. The Morgan fingerprint density at radius 1 is 1.23 bits per heavy atom. The van der Waals surface area contributed by atoms with E-state index in [1.54, 1.807) is 41.5 Å². The third kappa shape index (κ3) is 6.39. The monoisotopic (exact) mass is 453 g/mol. The van der Waals surface area contributed by atoms with E-state index in [9.17, 15) is 17.8 Å². The Kier molecular flexibility index (Phi) is 7.52. The molecule has 0 saturated heterocycles. The maximum Gasteiger partial charge on any atom is 0.308 e. The Morgan fingerprint density at radius 2 is 1.81 bits per heavy atom. The van der Waals surface area contributed by atoms with Crippen LogP contribution in [0, 0.1) is 5.82 Å². The van der Waals surface area contributed by atoms with Crippen LogP contribution in [0.1, 0.15) is 53.5 Å². The Hall–Kier alpha value is -0.860. The number of rotatable bonds is 6. The summed E-state index contributed by atoms with van der Waals surface area (Å²) in [4.78, 5) is 12.4. The molecular formula is C18H26BrF2NO3S. The van der Waals surface area contributed by atoms with Crippen LogP contribution in [-0.2, 0) is 26.1 Å². The van der Waals surface area contributed by atoms with Crippen LogP contribution < -0.4 is 4.72 Å². The first-order valence-corrected chi connectivity index (χ1v) is 10.1. The second-order valence-corrected chi connectivity index (χ2v) is 11.0. The fourth-order valence-corrected chi connectivity index (χ4v) is 3.41. The van der Waals surface area contributed by atoms with Crippen molar-refractivity contribution in [1.29, 1.82) is 0 Å². The number of ether oxygens (including phenoxy) is 1. The maximum atomic E-state index is 14.5. The molecule has 26 heavy (non-hydrogen) atoms. The lowest BCUT2D eigenvalue weighted by Gasteiger charge is -2.35. The third-order valence-electron chi connectivity index (χ3n) is 3.38. The highest BCUT2D eigenvalue weighted by Crippen LogP contribution is 2.33. The minimum atomic E-state index is -1.81. The molecule has 0 amide bonds. The van der Waals surface area contributed by atoms with Gasteiger partial charge in [0.05, 0.1) is 27.7 Å². The molecule has 0 spiro atoms. The molecule has 0 fully saturated rings. The number of carbonyl (C=O) groups excluding carboxylic acids is 1. The summed E-state index contributed by atoms with van der Waals surface area (Å²) in [6, 6.07) is 4.02. The normalized spacial score (nSPS) is 16.0. The van der Waals surface area contributed by atoms with E-state index >= 15 is 0 Å². The molecule has 1 N–H and O–H groups in total. The number of alkyl halides is 1.